The summed E-state index contributed by atoms with van der Waals surface area (Å²) in [5.74, 6) is 0.893. The molecule has 3 heterocycles. The van der Waals surface area contributed by atoms with Crippen LogP contribution in [-0.4, -0.2) is 75.2 Å². The van der Waals surface area contributed by atoms with Crippen molar-refractivity contribution < 1.29 is 32.5 Å². The van der Waals surface area contributed by atoms with Crippen LogP contribution in [0.3, 0.4) is 0 Å². The summed E-state index contributed by atoms with van der Waals surface area (Å²) in [5.41, 5.74) is -0.510. The van der Waals surface area contributed by atoms with Crippen molar-refractivity contribution in [1.29, 1.82) is 0 Å². The van der Waals surface area contributed by atoms with E-state index in [9.17, 15) is 9.46 Å². The van der Waals surface area contributed by atoms with Gasteiger partial charge < -0.3 is 18.9 Å². The number of hydrogen-bond donors (Lipinski definition) is 1. The number of hydrogen-bond acceptors (Lipinski definition) is 5. The van der Waals surface area contributed by atoms with Crippen LogP contribution in [0.5, 0.6) is 0 Å². The quantitative estimate of drug-likeness (QED) is 0.0378. The van der Waals surface area contributed by atoms with Gasteiger partial charge in [-0.1, -0.05) is 188 Å². The first-order valence-electron chi connectivity index (χ1n) is 23.9. The van der Waals surface area contributed by atoms with Gasteiger partial charge in [-0.15, -0.1) is 0 Å². The topological polar surface area (TPSA) is 74.2 Å². The minimum Gasteiger partial charge on any atom is -0.381 e. The second-order valence-electron chi connectivity index (χ2n) is 18.2. The second-order valence-corrected chi connectivity index (χ2v) is 19.6. The van der Waals surface area contributed by atoms with Crippen LogP contribution < -0.4 is 0 Å². The number of unbranched alkanes of at least 4 members (excludes halogenated alkanes) is 26. The molecule has 0 aromatic rings. The zero-order valence-electron chi connectivity index (χ0n) is 36.5. The summed E-state index contributed by atoms with van der Waals surface area (Å²) in [6, 6.07) is 0. The van der Waals surface area contributed by atoms with Gasteiger partial charge in [-0.3, -0.25) is 9.05 Å². The molecule has 1 N–H and O–H groups in total. The number of nitrogens with zero attached hydrogens (tertiary/aromatic N) is 1. The van der Waals surface area contributed by atoms with Gasteiger partial charge in [-0.25, -0.2) is 4.57 Å². The third kappa shape index (κ3) is 26.8. The maximum atomic E-state index is 13.0. The second kappa shape index (κ2) is 32.9. The van der Waals surface area contributed by atoms with E-state index in [1.54, 1.807) is 0 Å². The highest BCUT2D eigenvalue weighted by Crippen LogP contribution is 2.45. The Morgan fingerprint density at radius 2 is 0.833 bits per heavy atom. The van der Waals surface area contributed by atoms with Crippen LogP contribution in [0.2, 0.25) is 0 Å². The first-order chi connectivity index (χ1) is 26.3. The van der Waals surface area contributed by atoms with E-state index in [0.717, 1.165) is 29.8 Å². The summed E-state index contributed by atoms with van der Waals surface area (Å²) < 4.78 is 37.5. The summed E-state index contributed by atoms with van der Waals surface area (Å²) in [5, 5.41) is 0. The van der Waals surface area contributed by atoms with Gasteiger partial charge in [0.2, 0.25) is 0 Å². The summed E-state index contributed by atoms with van der Waals surface area (Å²) in [6.07, 6.45) is 41.4. The lowest BCUT2D eigenvalue weighted by atomic mass is 9.86. The molecule has 0 saturated carbocycles. The summed E-state index contributed by atoms with van der Waals surface area (Å²) >= 11 is 0. The third-order valence-corrected chi connectivity index (χ3v) is 13.6. The van der Waals surface area contributed by atoms with Gasteiger partial charge in [-0.05, 0) is 38.0 Å². The van der Waals surface area contributed by atoms with E-state index >= 15 is 0 Å². The molecule has 0 aromatic heterocycles. The maximum absolute atomic E-state index is 13.0. The number of phosphoric ester groups is 1. The number of fused-ring (bicyclic) bond motifs is 3. The molecule has 0 radical (unpaired) electrons. The van der Waals surface area contributed by atoms with Gasteiger partial charge in [0.15, 0.2) is 0 Å². The van der Waals surface area contributed by atoms with Crippen molar-refractivity contribution in [2.75, 3.05) is 65.8 Å². The van der Waals surface area contributed by atoms with Crippen molar-refractivity contribution >= 4 is 7.82 Å². The van der Waals surface area contributed by atoms with Crippen molar-refractivity contribution in [3.8, 4) is 0 Å². The molecule has 322 valence electrons. The van der Waals surface area contributed by atoms with E-state index in [2.05, 4.69) is 20.8 Å². The average molecular weight is 787 g/mol. The molecule has 3 rings (SSSR count). The molecule has 7 nitrogen and oxygen atoms in total. The summed E-state index contributed by atoms with van der Waals surface area (Å²) in [6.45, 7) is 13.6. The SMILES string of the molecule is CCCCCCCCCCCCCCCCOCC(C)(COCCCCCCCCCCCCCCCC)COP(=O)(O)OCC[N+]12CCC(CC1)CC2. The molecule has 0 aromatic carbocycles. The van der Waals surface area contributed by atoms with Crippen molar-refractivity contribution in [3.05, 3.63) is 0 Å². The molecule has 3 saturated heterocycles. The Bertz CT molecular complexity index is 831. The van der Waals surface area contributed by atoms with Gasteiger partial charge in [0, 0.05) is 18.6 Å². The first-order valence-corrected chi connectivity index (χ1v) is 25.4. The van der Waals surface area contributed by atoms with Crippen molar-refractivity contribution in [2.45, 2.75) is 220 Å². The van der Waals surface area contributed by atoms with E-state index in [1.165, 1.54) is 206 Å². The molecule has 3 aliphatic heterocycles. The molecule has 0 amide bonds. The summed E-state index contributed by atoms with van der Waals surface area (Å²) in [7, 11) is -4.16. The molecule has 8 heteroatoms. The van der Waals surface area contributed by atoms with E-state index in [0.29, 0.717) is 26.4 Å². The Morgan fingerprint density at radius 1 is 0.500 bits per heavy atom. The lowest BCUT2D eigenvalue weighted by Crippen LogP contribution is -2.59. The fourth-order valence-electron chi connectivity index (χ4n) is 8.66. The minimum atomic E-state index is -4.16. The smallest absolute Gasteiger partial charge is 0.381 e. The Balaban J connectivity index is 1.59. The van der Waals surface area contributed by atoms with Crippen LogP contribution in [0.15, 0.2) is 0 Å². The van der Waals surface area contributed by atoms with Crippen LogP contribution in [-0.2, 0) is 23.1 Å². The highest BCUT2D eigenvalue weighted by molar-refractivity contribution is 7.47. The third-order valence-electron chi connectivity index (χ3n) is 12.6. The zero-order valence-corrected chi connectivity index (χ0v) is 37.3. The number of rotatable bonds is 41. The van der Waals surface area contributed by atoms with Crippen LogP contribution >= 0.6 is 7.82 Å². The lowest BCUT2D eigenvalue weighted by Gasteiger charge is -2.49. The average Bonchev–Trinajstić information content (AvgIpc) is 3.17. The molecule has 1 unspecified atom stereocenters. The van der Waals surface area contributed by atoms with Gasteiger partial charge in [0.1, 0.15) is 13.2 Å². The van der Waals surface area contributed by atoms with Crippen LogP contribution in [0.1, 0.15) is 220 Å². The van der Waals surface area contributed by atoms with Crippen LogP contribution in [0.4, 0.5) is 0 Å². The van der Waals surface area contributed by atoms with Gasteiger partial charge >= 0.3 is 7.82 Å². The number of piperidine rings is 3. The normalized spacial score (nSPS) is 19.8. The highest BCUT2D eigenvalue weighted by Gasteiger charge is 2.40. The Kier molecular flexibility index (Phi) is 30.5. The summed E-state index contributed by atoms with van der Waals surface area (Å²) in [4.78, 5) is 10.6. The van der Waals surface area contributed by atoms with Gasteiger partial charge in [0.25, 0.3) is 0 Å². The van der Waals surface area contributed by atoms with Gasteiger partial charge in [-0.2, -0.15) is 0 Å². The first kappa shape index (κ1) is 50.1. The zero-order chi connectivity index (χ0) is 38.9. The maximum Gasteiger partial charge on any atom is 0.472 e. The van der Waals surface area contributed by atoms with E-state index in [1.807, 2.05) is 0 Å². The van der Waals surface area contributed by atoms with Crippen LogP contribution in [0.25, 0.3) is 0 Å². The Labute approximate surface area is 336 Å². The predicted molar refractivity (Wildman–Crippen MR) is 229 cm³/mol. The molecule has 0 spiro atoms. The number of ether oxygens (including phenoxy) is 2. The Hall–Kier alpha value is -0.0100. The molecule has 54 heavy (non-hydrogen) atoms. The molecule has 0 aliphatic carbocycles. The van der Waals surface area contributed by atoms with E-state index < -0.39 is 13.2 Å². The number of quaternary nitrogens is 1. The molecule has 1 atom stereocenters. The van der Waals surface area contributed by atoms with Crippen molar-refractivity contribution in [3.63, 3.8) is 0 Å². The molecular formula is C46H93NO6P+. The predicted octanol–water partition coefficient (Wildman–Crippen LogP) is 13.8. The van der Waals surface area contributed by atoms with E-state index in [-0.39, 0.29) is 13.2 Å². The molecule has 2 bridgehead atoms. The van der Waals surface area contributed by atoms with Gasteiger partial charge in [0.05, 0.1) is 39.5 Å². The van der Waals surface area contributed by atoms with E-state index in [4.69, 9.17) is 18.5 Å². The largest absolute Gasteiger partial charge is 0.472 e. The number of phosphoric acid groups is 1. The molecular weight excluding hydrogens is 693 g/mol. The fraction of sp³-hybridized carbons (Fsp3) is 1.00. The lowest BCUT2D eigenvalue weighted by molar-refractivity contribution is -0.942. The molecule has 3 aliphatic rings. The monoisotopic (exact) mass is 787 g/mol. The Morgan fingerprint density at radius 3 is 1.19 bits per heavy atom. The van der Waals surface area contributed by atoms with Crippen molar-refractivity contribution in [2.24, 2.45) is 11.3 Å². The minimum absolute atomic E-state index is 0.0833. The highest BCUT2D eigenvalue weighted by atomic mass is 31.2. The molecule has 3 fully saturated rings. The van der Waals surface area contributed by atoms with Crippen molar-refractivity contribution in [1.82, 2.24) is 0 Å². The fourth-order valence-corrected chi connectivity index (χ4v) is 9.52. The van der Waals surface area contributed by atoms with Crippen LogP contribution in [0, 0.1) is 11.3 Å². The standard InChI is InChI=1S/C46H92NO6P/c1-4-6-8-10-12-14-16-18-20-22-24-26-28-30-39-50-42-46(3,43-51-40-31-29-27-25-23-21-19-17-15-13-11-9-7-5-2)44-53-54(48,49)52-41-38-47-35-32-45(33-36-47)34-37-47/h45H,4-44H2,1-3H3/p+1.